The highest BCUT2D eigenvalue weighted by Gasteiger charge is 2.15. The maximum absolute atomic E-state index is 6.53. The summed E-state index contributed by atoms with van der Waals surface area (Å²) in [4.78, 5) is 0. The minimum absolute atomic E-state index is 0.201. The van der Waals surface area contributed by atoms with Crippen LogP contribution in [0.4, 0.5) is 0 Å². The lowest BCUT2D eigenvalue weighted by Gasteiger charge is -2.16. The molecular weight excluding hydrogens is 441 g/mol. The van der Waals surface area contributed by atoms with Crippen LogP contribution in [0.15, 0.2) is 60.7 Å². The summed E-state index contributed by atoms with van der Waals surface area (Å²) in [7, 11) is 0. The van der Waals surface area contributed by atoms with E-state index in [0.717, 1.165) is 18.5 Å². The topological polar surface area (TPSA) is 30.5 Å². The molecule has 3 aromatic carbocycles. The van der Waals surface area contributed by atoms with Crippen LogP contribution in [-0.4, -0.2) is 13.2 Å². The van der Waals surface area contributed by atoms with Crippen molar-refractivity contribution in [2.75, 3.05) is 13.2 Å². The highest BCUT2D eigenvalue weighted by molar-refractivity contribution is 6.36. The molecule has 0 bridgehead atoms. The van der Waals surface area contributed by atoms with Crippen LogP contribution in [0, 0.1) is 0 Å². The highest BCUT2D eigenvalue weighted by Crippen LogP contribution is 2.38. The third-order valence-corrected chi connectivity index (χ3v) is 5.54. The predicted molar refractivity (Wildman–Crippen MR) is 125 cm³/mol. The average Bonchev–Trinajstić information content (AvgIpc) is 2.73. The summed E-state index contributed by atoms with van der Waals surface area (Å²) in [5, 5.41) is 5.04. The van der Waals surface area contributed by atoms with Gasteiger partial charge in [0, 0.05) is 22.2 Å². The summed E-state index contributed by atoms with van der Waals surface area (Å²) in [6.45, 7) is 4.18. The van der Waals surface area contributed by atoms with Gasteiger partial charge in [-0.05, 0) is 55.3 Å². The SMILES string of the molecule is CCOc1cc(CNCCc2ccccc2)cc(Cl)c1OCc1c(Cl)cccc1Cl. The van der Waals surface area contributed by atoms with Crippen LogP contribution < -0.4 is 14.8 Å². The number of nitrogens with one attached hydrogen (secondary N) is 1. The van der Waals surface area contributed by atoms with Crippen LogP contribution in [0.5, 0.6) is 11.5 Å². The largest absolute Gasteiger partial charge is 0.490 e. The Morgan fingerprint density at radius 3 is 2.23 bits per heavy atom. The van der Waals surface area contributed by atoms with Gasteiger partial charge < -0.3 is 14.8 Å². The molecule has 0 heterocycles. The Morgan fingerprint density at radius 2 is 1.53 bits per heavy atom. The fourth-order valence-corrected chi connectivity index (χ4v) is 3.85. The van der Waals surface area contributed by atoms with Gasteiger partial charge in [-0.3, -0.25) is 0 Å². The van der Waals surface area contributed by atoms with E-state index >= 15 is 0 Å². The molecule has 30 heavy (non-hydrogen) atoms. The summed E-state index contributed by atoms with van der Waals surface area (Å²) >= 11 is 19.0. The van der Waals surface area contributed by atoms with Gasteiger partial charge in [-0.2, -0.15) is 0 Å². The molecule has 0 fully saturated rings. The molecular formula is C24H24Cl3NO2. The summed E-state index contributed by atoms with van der Waals surface area (Å²) < 4.78 is 11.7. The maximum Gasteiger partial charge on any atom is 0.180 e. The molecule has 1 N–H and O–H groups in total. The Balaban J connectivity index is 1.66. The van der Waals surface area contributed by atoms with Gasteiger partial charge in [0.25, 0.3) is 0 Å². The van der Waals surface area contributed by atoms with Gasteiger partial charge >= 0.3 is 0 Å². The summed E-state index contributed by atoms with van der Waals surface area (Å²) in [6, 6.07) is 19.6. The van der Waals surface area contributed by atoms with E-state index in [1.54, 1.807) is 18.2 Å². The van der Waals surface area contributed by atoms with E-state index in [4.69, 9.17) is 44.3 Å². The van der Waals surface area contributed by atoms with E-state index in [9.17, 15) is 0 Å². The smallest absolute Gasteiger partial charge is 0.180 e. The molecule has 0 aliphatic carbocycles. The molecule has 3 aromatic rings. The van der Waals surface area contributed by atoms with Crippen molar-refractivity contribution < 1.29 is 9.47 Å². The maximum atomic E-state index is 6.53. The van der Waals surface area contributed by atoms with E-state index in [-0.39, 0.29) is 6.61 Å². The first-order chi connectivity index (χ1) is 14.6. The summed E-state index contributed by atoms with van der Waals surface area (Å²) in [6.07, 6.45) is 0.965. The summed E-state index contributed by atoms with van der Waals surface area (Å²) in [5.41, 5.74) is 3.05. The Kier molecular flexibility index (Phi) is 8.71. The number of rotatable bonds is 10. The van der Waals surface area contributed by atoms with Gasteiger partial charge in [-0.1, -0.05) is 71.2 Å². The van der Waals surface area contributed by atoms with Crippen molar-refractivity contribution in [1.29, 1.82) is 0 Å². The van der Waals surface area contributed by atoms with Crippen LogP contribution in [0.1, 0.15) is 23.6 Å². The minimum atomic E-state index is 0.201. The third-order valence-electron chi connectivity index (χ3n) is 4.55. The first-order valence-corrected chi connectivity index (χ1v) is 11.0. The van der Waals surface area contributed by atoms with Crippen molar-refractivity contribution in [3.05, 3.63) is 92.4 Å². The lowest BCUT2D eigenvalue weighted by molar-refractivity contribution is 0.269. The Hall–Kier alpha value is -1.91. The zero-order valence-electron chi connectivity index (χ0n) is 16.8. The summed E-state index contributed by atoms with van der Waals surface area (Å²) in [5.74, 6) is 1.09. The predicted octanol–water partition coefficient (Wildman–Crippen LogP) is 6.96. The standard InChI is InChI=1S/C24H24Cl3NO2/c1-2-29-23-14-18(15-28-12-11-17-7-4-3-5-8-17)13-22(27)24(23)30-16-19-20(25)9-6-10-21(19)26/h3-10,13-14,28H,2,11-12,15-16H2,1H3. The zero-order chi connectivity index (χ0) is 21.3. The molecule has 0 aliphatic rings. The fourth-order valence-electron chi connectivity index (χ4n) is 3.05. The number of benzene rings is 3. The van der Waals surface area contributed by atoms with Crippen molar-refractivity contribution >= 4 is 34.8 Å². The second-order valence-corrected chi connectivity index (χ2v) is 7.96. The van der Waals surface area contributed by atoms with Crippen molar-refractivity contribution in [3.8, 4) is 11.5 Å². The second kappa shape index (κ2) is 11.5. The molecule has 0 radical (unpaired) electrons. The van der Waals surface area contributed by atoms with Crippen molar-refractivity contribution in [2.45, 2.75) is 26.5 Å². The molecule has 0 amide bonds. The molecule has 3 rings (SSSR count). The van der Waals surface area contributed by atoms with Gasteiger partial charge in [0.15, 0.2) is 11.5 Å². The van der Waals surface area contributed by atoms with E-state index < -0.39 is 0 Å². The van der Waals surface area contributed by atoms with Crippen molar-refractivity contribution in [1.82, 2.24) is 5.32 Å². The van der Waals surface area contributed by atoms with E-state index in [0.29, 0.717) is 45.3 Å². The molecule has 0 unspecified atom stereocenters. The van der Waals surface area contributed by atoms with E-state index in [2.05, 4.69) is 29.6 Å². The van der Waals surface area contributed by atoms with Crippen LogP contribution in [0.2, 0.25) is 15.1 Å². The van der Waals surface area contributed by atoms with Crippen molar-refractivity contribution in [2.24, 2.45) is 0 Å². The van der Waals surface area contributed by atoms with Crippen LogP contribution in [-0.2, 0) is 19.6 Å². The lowest BCUT2D eigenvalue weighted by atomic mass is 10.1. The average molecular weight is 465 g/mol. The molecule has 158 valence electrons. The Morgan fingerprint density at radius 1 is 0.800 bits per heavy atom. The van der Waals surface area contributed by atoms with Crippen LogP contribution >= 0.6 is 34.8 Å². The number of hydrogen-bond acceptors (Lipinski definition) is 3. The van der Waals surface area contributed by atoms with Gasteiger partial charge in [0.05, 0.1) is 11.6 Å². The monoisotopic (exact) mass is 463 g/mol. The normalized spacial score (nSPS) is 10.8. The lowest BCUT2D eigenvalue weighted by Crippen LogP contribution is -2.16. The molecule has 0 saturated carbocycles. The zero-order valence-corrected chi connectivity index (χ0v) is 19.0. The molecule has 3 nitrogen and oxygen atoms in total. The Labute approximate surface area is 192 Å². The van der Waals surface area contributed by atoms with Gasteiger partial charge in [-0.15, -0.1) is 0 Å². The van der Waals surface area contributed by atoms with Gasteiger partial charge in [-0.25, -0.2) is 0 Å². The number of halogens is 3. The molecule has 0 saturated heterocycles. The first kappa shape index (κ1) is 22.8. The third kappa shape index (κ3) is 6.29. The first-order valence-electron chi connectivity index (χ1n) is 9.84. The van der Waals surface area contributed by atoms with Crippen LogP contribution in [0.25, 0.3) is 0 Å². The molecule has 0 aliphatic heterocycles. The number of hydrogen-bond donors (Lipinski definition) is 1. The van der Waals surface area contributed by atoms with Gasteiger partial charge in [0.1, 0.15) is 6.61 Å². The van der Waals surface area contributed by atoms with Crippen molar-refractivity contribution in [3.63, 3.8) is 0 Å². The second-order valence-electron chi connectivity index (χ2n) is 6.74. The highest BCUT2D eigenvalue weighted by atomic mass is 35.5. The molecule has 0 aromatic heterocycles. The molecule has 0 spiro atoms. The molecule has 6 heteroatoms. The molecule has 0 atom stereocenters. The number of ether oxygens (including phenoxy) is 2. The fraction of sp³-hybridized carbons (Fsp3) is 0.250. The van der Waals surface area contributed by atoms with E-state index in [1.165, 1.54) is 5.56 Å². The minimum Gasteiger partial charge on any atom is -0.490 e. The van der Waals surface area contributed by atoms with E-state index in [1.807, 2.05) is 25.1 Å². The quantitative estimate of drug-likeness (QED) is 0.329. The van der Waals surface area contributed by atoms with Gasteiger partial charge in [0.2, 0.25) is 0 Å². The van der Waals surface area contributed by atoms with Crippen LogP contribution in [0.3, 0.4) is 0 Å². The Bertz CT molecular complexity index is 944.